The lowest BCUT2D eigenvalue weighted by atomic mass is 10.0. The van der Waals surface area contributed by atoms with Gasteiger partial charge in [0.1, 0.15) is 5.75 Å². The number of piperidine rings is 1. The molecular formula is C16H22N2O2. The number of carbonyl (C=O) groups excluding carboxylic acids is 1. The number of ether oxygens (including phenoxy) is 1. The first-order valence-electron chi connectivity index (χ1n) is 7.08. The first-order chi connectivity index (χ1) is 9.70. The van der Waals surface area contributed by atoms with Gasteiger partial charge in [-0.05, 0) is 50.0 Å². The summed E-state index contributed by atoms with van der Waals surface area (Å²) in [6, 6.07) is 8.02. The molecule has 1 aliphatic rings. The molecule has 1 atom stereocenters. The Labute approximate surface area is 120 Å². The number of hydrogen-bond acceptors (Lipinski definition) is 2. The molecule has 0 bridgehead atoms. The van der Waals surface area contributed by atoms with Crippen molar-refractivity contribution in [3.63, 3.8) is 0 Å². The average Bonchev–Trinajstić information content (AvgIpc) is 2.48. The smallest absolute Gasteiger partial charge is 0.321 e. The molecule has 1 aromatic carbocycles. The molecule has 1 heterocycles. The number of methoxy groups -OCH3 is 1. The summed E-state index contributed by atoms with van der Waals surface area (Å²) < 4.78 is 5.16. The lowest BCUT2D eigenvalue weighted by molar-refractivity contribution is 0.161. The number of likely N-dealkylation sites (tertiary alicyclic amines) is 1. The zero-order valence-electron chi connectivity index (χ0n) is 12.1. The molecule has 2 rings (SSSR count). The van der Waals surface area contributed by atoms with Gasteiger partial charge >= 0.3 is 6.03 Å². The van der Waals surface area contributed by atoms with Crippen molar-refractivity contribution in [1.29, 1.82) is 0 Å². The van der Waals surface area contributed by atoms with E-state index in [0.717, 1.165) is 30.7 Å². The Morgan fingerprint density at radius 3 is 3.05 bits per heavy atom. The number of rotatable bonds is 3. The van der Waals surface area contributed by atoms with E-state index in [1.165, 1.54) is 6.42 Å². The van der Waals surface area contributed by atoms with Crippen molar-refractivity contribution in [3.05, 3.63) is 36.0 Å². The van der Waals surface area contributed by atoms with Gasteiger partial charge in [0.25, 0.3) is 0 Å². The second kappa shape index (κ2) is 6.98. The maximum atomic E-state index is 12.1. The largest absolute Gasteiger partial charge is 0.497 e. The van der Waals surface area contributed by atoms with Crippen LogP contribution in [-0.4, -0.2) is 30.6 Å². The Kier molecular flexibility index (Phi) is 5.04. The monoisotopic (exact) mass is 274 g/mol. The first-order valence-corrected chi connectivity index (χ1v) is 7.08. The molecule has 0 aliphatic carbocycles. The molecule has 0 radical (unpaired) electrons. The SMILES string of the molecule is COc1cccc(/C=C/NC(=O)N2CCCCC2C)c1. The van der Waals surface area contributed by atoms with Crippen LogP contribution in [0.15, 0.2) is 30.5 Å². The van der Waals surface area contributed by atoms with Gasteiger partial charge in [0, 0.05) is 18.8 Å². The standard InChI is InChI=1S/C16H22N2O2/c1-13-6-3-4-11-18(13)16(19)17-10-9-14-7-5-8-15(12-14)20-2/h5,7-10,12-13H,3-4,6,11H2,1-2H3,(H,17,19)/b10-9+. The molecule has 0 aromatic heterocycles. The summed E-state index contributed by atoms with van der Waals surface area (Å²) in [6.07, 6.45) is 6.96. The van der Waals surface area contributed by atoms with Crippen molar-refractivity contribution in [1.82, 2.24) is 10.2 Å². The number of hydrogen-bond donors (Lipinski definition) is 1. The molecule has 108 valence electrons. The Hall–Kier alpha value is -1.97. The maximum Gasteiger partial charge on any atom is 0.321 e. The molecule has 20 heavy (non-hydrogen) atoms. The third-order valence-corrected chi connectivity index (χ3v) is 3.64. The van der Waals surface area contributed by atoms with Crippen LogP contribution < -0.4 is 10.1 Å². The second-order valence-corrected chi connectivity index (χ2v) is 5.10. The van der Waals surface area contributed by atoms with Crippen LogP contribution in [0.1, 0.15) is 31.7 Å². The fourth-order valence-corrected chi connectivity index (χ4v) is 2.44. The molecule has 4 heteroatoms. The Balaban J connectivity index is 1.90. The minimum Gasteiger partial charge on any atom is -0.497 e. The summed E-state index contributed by atoms with van der Waals surface area (Å²) in [6.45, 7) is 2.95. The highest BCUT2D eigenvalue weighted by Gasteiger charge is 2.22. The molecule has 1 fully saturated rings. The predicted molar refractivity (Wildman–Crippen MR) is 80.6 cm³/mol. The zero-order valence-corrected chi connectivity index (χ0v) is 12.1. The maximum absolute atomic E-state index is 12.1. The van der Waals surface area contributed by atoms with Crippen LogP contribution in [0, 0.1) is 0 Å². The van der Waals surface area contributed by atoms with E-state index < -0.39 is 0 Å². The van der Waals surface area contributed by atoms with Crippen LogP contribution in [-0.2, 0) is 0 Å². The number of benzene rings is 1. The van der Waals surface area contributed by atoms with E-state index in [0.29, 0.717) is 6.04 Å². The highest BCUT2D eigenvalue weighted by molar-refractivity contribution is 5.76. The number of nitrogens with one attached hydrogen (secondary N) is 1. The van der Waals surface area contributed by atoms with Gasteiger partial charge in [0.2, 0.25) is 0 Å². The number of amides is 2. The fraction of sp³-hybridized carbons (Fsp3) is 0.438. The van der Waals surface area contributed by atoms with Crippen LogP contribution in [0.2, 0.25) is 0 Å². The normalized spacial score (nSPS) is 19.1. The van der Waals surface area contributed by atoms with E-state index in [-0.39, 0.29) is 6.03 Å². The van der Waals surface area contributed by atoms with Gasteiger partial charge in [0.15, 0.2) is 0 Å². The van der Waals surface area contributed by atoms with Crippen molar-refractivity contribution in [3.8, 4) is 5.75 Å². The molecule has 1 unspecified atom stereocenters. The molecule has 1 N–H and O–H groups in total. The van der Waals surface area contributed by atoms with E-state index in [9.17, 15) is 4.79 Å². The lowest BCUT2D eigenvalue weighted by Gasteiger charge is -2.32. The van der Waals surface area contributed by atoms with E-state index in [4.69, 9.17) is 4.74 Å². The Bertz CT molecular complexity index is 485. The molecule has 0 saturated carbocycles. The van der Waals surface area contributed by atoms with Crippen LogP contribution in [0.5, 0.6) is 5.75 Å². The summed E-state index contributed by atoms with van der Waals surface area (Å²) in [4.78, 5) is 14.0. The molecule has 1 saturated heterocycles. The van der Waals surface area contributed by atoms with E-state index >= 15 is 0 Å². The first kappa shape index (κ1) is 14.4. The summed E-state index contributed by atoms with van der Waals surface area (Å²) in [5, 5.41) is 2.83. The van der Waals surface area contributed by atoms with E-state index in [1.807, 2.05) is 35.2 Å². The summed E-state index contributed by atoms with van der Waals surface area (Å²) in [5.74, 6) is 0.808. The van der Waals surface area contributed by atoms with Gasteiger partial charge in [0.05, 0.1) is 7.11 Å². The molecule has 1 aliphatic heterocycles. The van der Waals surface area contributed by atoms with E-state index in [2.05, 4.69) is 12.2 Å². The van der Waals surface area contributed by atoms with Gasteiger partial charge in [-0.2, -0.15) is 0 Å². The molecule has 4 nitrogen and oxygen atoms in total. The third-order valence-electron chi connectivity index (χ3n) is 3.64. The number of nitrogens with zero attached hydrogens (tertiary/aromatic N) is 1. The topological polar surface area (TPSA) is 41.6 Å². The summed E-state index contributed by atoms with van der Waals surface area (Å²) in [5.41, 5.74) is 0.997. The van der Waals surface area contributed by atoms with Crippen LogP contribution in [0.25, 0.3) is 6.08 Å². The lowest BCUT2D eigenvalue weighted by Crippen LogP contribution is -2.46. The minimum atomic E-state index is -0.0173. The second-order valence-electron chi connectivity index (χ2n) is 5.10. The Morgan fingerprint density at radius 1 is 1.45 bits per heavy atom. The van der Waals surface area contributed by atoms with Crippen molar-refractivity contribution in [2.45, 2.75) is 32.2 Å². The summed E-state index contributed by atoms with van der Waals surface area (Å²) in [7, 11) is 1.64. The van der Waals surface area contributed by atoms with Crippen LogP contribution in [0.3, 0.4) is 0 Å². The van der Waals surface area contributed by atoms with Crippen molar-refractivity contribution >= 4 is 12.1 Å². The minimum absolute atomic E-state index is 0.0173. The average molecular weight is 274 g/mol. The van der Waals surface area contributed by atoms with Crippen molar-refractivity contribution in [2.24, 2.45) is 0 Å². The number of urea groups is 1. The highest BCUT2D eigenvalue weighted by Crippen LogP contribution is 2.16. The Morgan fingerprint density at radius 2 is 2.30 bits per heavy atom. The highest BCUT2D eigenvalue weighted by atomic mass is 16.5. The zero-order chi connectivity index (χ0) is 14.4. The fourth-order valence-electron chi connectivity index (χ4n) is 2.44. The van der Waals surface area contributed by atoms with E-state index in [1.54, 1.807) is 13.3 Å². The quantitative estimate of drug-likeness (QED) is 0.919. The van der Waals surface area contributed by atoms with Gasteiger partial charge < -0.3 is 15.0 Å². The van der Waals surface area contributed by atoms with Crippen molar-refractivity contribution < 1.29 is 9.53 Å². The van der Waals surface area contributed by atoms with Gasteiger partial charge in [-0.1, -0.05) is 12.1 Å². The van der Waals surface area contributed by atoms with Crippen molar-refractivity contribution in [2.75, 3.05) is 13.7 Å². The number of carbonyl (C=O) groups is 1. The van der Waals surface area contributed by atoms with Gasteiger partial charge in [-0.15, -0.1) is 0 Å². The predicted octanol–water partition coefficient (Wildman–Crippen LogP) is 3.25. The molecule has 1 aromatic rings. The summed E-state index contributed by atoms with van der Waals surface area (Å²) >= 11 is 0. The molecule has 2 amide bonds. The van der Waals surface area contributed by atoms with Crippen LogP contribution in [0.4, 0.5) is 4.79 Å². The third kappa shape index (κ3) is 3.76. The molecular weight excluding hydrogens is 252 g/mol. The van der Waals surface area contributed by atoms with Gasteiger partial charge in [-0.3, -0.25) is 0 Å². The molecule has 0 spiro atoms. The van der Waals surface area contributed by atoms with Gasteiger partial charge in [-0.25, -0.2) is 4.79 Å². The van der Waals surface area contributed by atoms with Crippen LogP contribution >= 0.6 is 0 Å².